The standard InChI is InChI=1S/C10H13IO/c1-2-3-8-4-9(7-12)6-10(11)5-8/h4-6,12H,2-3,7H2,1H3. The van der Waals surface area contributed by atoms with Gasteiger partial charge >= 0.3 is 0 Å². The Balaban J connectivity index is 2.90. The van der Waals surface area contributed by atoms with Crippen LogP contribution in [0, 0.1) is 3.57 Å². The van der Waals surface area contributed by atoms with E-state index in [0.717, 1.165) is 18.4 Å². The Bertz CT molecular complexity index is 258. The predicted molar refractivity (Wildman–Crippen MR) is 59.1 cm³/mol. The molecule has 1 nitrogen and oxygen atoms in total. The average molecular weight is 276 g/mol. The fraction of sp³-hybridized carbons (Fsp3) is 0.400. The SMILES string of the molecule is CCCc1cc(I)cc(CO)c1. The molecule has 1 aromatic rings. The monoisotopic (exact) mass is 276 g/mol. The number of rotatable bonds is 3. The van der Waals surface area contributed by atoms with Crippen LogP contribution in [0.2, 0.25) is 0 Å². The van der Waals surface area contributed by atoms with Crippen molar-refractivity contribution in [3.05, 3.63) is 32.9 Å². The maximum absolute atomic E-state index is 8.95. The largest absolute Gasteiger partial charge is 0.392 e. The summed E-state index contributed by atoms with van der Waals surface area (Å²) in [4.78, 5) is 0. The van der Waals surface area contributed by atoms with E-state index in [1.807, 2.05) is 6.07 Å². The number of benzene rings is 1. The minimum atomic E-state index is 0.146. The maximum atomic E-state index is 8.95. The second kappa shape index (κ2) is 4.82. The van der Waals surface area contributed by atoms with E-state index in [9.17, 15) is 0 Å². The molecule has 2 heteroatoms. The van der Waals surface area contributed by atoms with Crippen molar-refractivity contribution in [2.24, 2.45) is 0 Å². The zero-order valence-corrected chi connectivity index (χ0v) is 9.34. The zero-order valence-electron chi connectivity index (χ0n) is 7.18. The van der Waals surface area contributed by atoms with Crippen LogP contribution < -0.4 is 0 Å². The van der Waals surface area contributed by atoms with Crippen LogP contribution in [0.15, 0.2) is 18.2 Å². The summed E-state index contributed by atoms with van der Waals surface area (Å²) >= 11 is 2.28. The van der Waals surface area contributed by atoms with E-state index in [0.29, 0.717) is 0 Å². The van der Waals surface area contributed by atoms with Crippen LogP contribution in [0.4, 0.5) is 0 Å². The Labute approximate surface area is 86.9 Å². The topological polar surface area (TPSA) is 20.2 Å². The Hall–Kier alpha value is -0.0900. The van der Waals surface area contributed by atoms with Gasteiger partial charge in [0.05, 0.1) is 6.61 Å². The van der Waals surface area contributed by atoms with Crippen LogP contribution in [-0.4, -0.2) is 5.11 Å². The molecule has 12 heavy (non-hydrogen) atoms. The van der Waals surface area contributed by atoms with Crippen molar-refractivity contribution < 1.29 is 5.11 Å². The molecule has 0 aliphatic carbocycles. The van der Waals surface area contributed by atoms with Crippen LogP contribution in [0.5, 0.6) is 0 Å². The van der Waals surface area contributed by atoms with Crippen LogP contribution in [0.3, 0.4) is 0 Å². The smallest absolute Gasteiger partial charge is 0.0682 e. The van der Waals surface area contributed by atoms with E-state index in [1.54, 1.807) is 0 Å². The van der Waals surface area contributed by atoms with Gasteiger partial charge in [-0.2, -0.15) is 0 Å². The Morgan fingerprint density at radius 1 is 1.25 bits per heavy atom. The van der Waals surface area contributed by atoms with E-state index in [-0.39, 0.29) is 6.61 Å². The second-order valence-corrected chi connectivity index (χ2v) is 4.12. The molecule has 0 amide bonds. The first-order valence-electron chi connectivity index (χ1n) is 4.15. The Morgan fingerprint density at radius 3 is 2.50 bits per heavy atom. The maximum Gasteiger partial charge on any atom is 0.0682 e. The third-order valence-electron chi connectivity index (χ3n) is 1.74. The van der Waals surface area contributed by atoms with Crippen LogP contribution in [-0.2, 0) is 13.0 Å². The van der Waals surface area contributed by atoms with Crippen molar-refractivity contribution in [2.45, 2.75) is 26.4 Å². The highest BCUT2D eigenvalue weighted by atomic mass is 127. The molecule has 0 spiro atoms. The van der Waals surface area contributed by atoms with Gasteiger partial charge in [-0.25, -0.2) is 0 Å². The van der Waals surface area contributed by atoms with Gasteiger partial charge in [0.15, 0.2) is 0 Å². The van der Waals surface area contributed by atoms with Gasteiger partial charge in [-0.1, -0.05) is 19.4 Å². The van der Waals surface area contributed by atoms with E-state index >= 15 is 0 Å². The zero-order chi connectivity index (χ0) is 8.97. The van der Waals surface area contributed by atoms with E-state index in [2.05, 4.69) is 41.6 Å². The van der Waals surface area contributed by atoms with Crippen molar-refractivity contribution in [1.29, 1.82) is 0 Å². The molecule has 0 atom stereocenters. The predicted octanol–water partition coefficient (Wildman–Crippen LogP) is 2.74. The minimum Gasteiger partial charge on any atom is -0.392 e. The third-order valence-corrected chi connectivity index (χ3v) is 2.36. The number of hydrogen-bond donors (Lipinski definition) is 1. The number of aliphatic hydroxyl groups is 1. The molecule has 0 aromatic heterocycles. The molecule has 0 heterocycles. The van der Waals surface area contributed by atoms with Crippen molar-refractivity contribution in [1.82, 2.24) is 0 Å². The summed E-state index contributed by atoms with van der Waals surface area (Å²) in [7, 11) is 0. The van der Waals surface area contributed by atoms with Crippen molar-refractivity contribution in [3.8, 4) is 0 Å². The van der Waals surface area contributed by atoms with E-state index in [1.165, 1.54) is 9.13 Å². The average Bonchev–Trinajstić information content (AvgIpc) is 2.04. The summed E-state index contributed by atoms with van der Waals surface area (Å²) in [6.45, 7) is 2.31. The molecule has 0 radical (unpaired) electrons. The molecule has 0 unspecified atom stereocenters. The lowest BCUT2D eigenvalue weighted by molar-refractivity contribution is 0.281. The first-order chi connectivity index (χ1) is 5.76. The molecule has 1 N–H and O–H groups in total. The summed E-state index contributed by atoms with van der Waals surface area (Å²) in [6, 6.07) is 6.26. The minimum absolute atomic E-state index is 0.146. The molecule has 0 aliphatic heterocycles. The Kier molecular flexibility index (Phi) is 4.01. The van der Waals surface area contributed by atoms with Gasteiger partial charge in [0, 0.05) is 3.57 Å². The van der Waals surface area contributed by atoms with Gasteiger partial charge in [0.2, 0.25) is 0 Å². The summed E-state index contributed by atoms with van der Waals surface area (Å²) in [5, 5.41) is 8.95. The quantitative estimate of drug-likeness (QED) is 0.842. The molecule has 1 aromatic carbocycles. The molecule has 0 bridgehead atoms. The van der Waals surface area contributed by atoms with E-state index in [4.69, 9.17) is 5.11 Å². The highest BCUT2D eigenvalue weighted by molar-refractivity contribution is 14.1. The Morgan fingerprint density at radius 2 is 1.92 bits per heavy atom. The number of aryl methyl sites for hydroxylation is 1. The van der Waals surface area contributed by atoms with Gasteiger partial charge < -0.3 is 5.11 Å². The van der Waals surface area contributed by atoms with Gasteiger partial charge in [0.1, 0.15) is 0 Å². The lowest BCUT2D eigenvalue weighted by Crippen LogP contribution is -1.90. The van der Waals surface area contributed by atoms with Crippen molar-refractivity contribution in [2.75, 3.05) is 0 Å². The second-order valence-electron chi connectivity index (χ2n) is 2.88. The number of halogens is 1. The first kappa shape index (κ1) is 9.99. The van der Waals surface area contributed by atoms with Gasteiger partial charge in [-0.05, 0) is 52.3 Å². The van der Waals surface area contributed by atoms with Gasteiger partial charge in [-0.3, -0.25) is 0 Å². The molecule has 66 valence electrons. The van der Waals surface area contributed by atoms with Gasteiger partial charge in [-0.15, -0.1) is 0 Å². The summed E-state index contributed by atoms with van der Waals surface area (Å²) in [5.74, 6) is 0. The summed E-state index contributed by atoms with van der Waals surface area (Å²) < 4.78 is 1.21. The first-order valence-corrected chi connectivity index (χ1v) is 5.23. The fourth-order valence-corrected chi connectivity index (χ4v) is 2.04. The fourth-order valence-electron chi connectivity index (χ4n) is 1.24. The molecular weight excluding hydrogens is 263 g/mol. The van der Waals surface area contributed by atoms with Crippen LogP contribution in [0.25, 0.3) is 0 Å². The third kappa shape index (κ3) is 2.75. The van der Waals surface area contributed by atoms with E-state index < -0.39 is 0 Å². The van der Waals surface area contributed by atoms with Crippen LogP contribution >= 0.6 is 22.6 Å². The highest BCUT2D eigenvalue weighted by Crippen LogP contribution is 2.13. The molecule has 1 rings (SSSR count). The molecular formula is C10H13IO. The van der Waals surface area contributed by atoms with Crippen molar-refractivity contribution in [3.63, 3.8) is 0 Å². The number of aliphatic hydroxyl groups excluding tert-OH is 1. The highest BCUT2D eigenvalue weighted by Gasteiger charge is 1.97. The summed E-state index contributed by atoms with van der Waals surface area (Å²) in [5.41, 5.74) is 2.35. The molecule has 0 fully saturated rings. The summed E-state index contributed by atoms with van der Waals surface area (Å²) in [6.07, 6.45) is 2.26. The van der Waals surface area contributed by atoms with Gasteiger partial charge in [0.25, 0.3) is 0 Å². The molecule has 0 saturated heterocycles. The molecule has 0 saturated carbocycles. The van der Waals surface area contributed by atoms with Crippen LogP contribution in [0.1, 0.15) is 24.5 Å². The number of hydrogen-bond acceptors (Lipinski definition) is 1. The lowest BCUT2D eigenvalue weighted by atomic mass is 10.1. The normalized spacial score (nSPS) is 10.2. The molecule has 0 aliphatic rings. The lowest BCUT2D eigenvalue weighted by Gasteiger charge is -2.03. The van der Waals surface area contributed by atoms with Crippen molar-refractivity contribution >= 4 is 22.6 Å².